The molecule has 0 unspecified atom stereocenters. The quantitative estimate of drug-likeness (QED) is 0.127. The normalized spacial score (nSPS) is 21.1. The van der Waals surface area contributed by atoms with Gasteiger partial charge in [0.25, 0.3) is 5.91 Å². The van der Waals surface area contributed by atoms with Crippen LogP contribution in [0.2, 0.25) is 0 Å². The molecule has 55 heavy (non-hydrogen) atoms. The molecule has 2 aliphatic rings. The molecule has 6 atom stereocenters. The number of likely N-dealkylation sites (tertiary alicyclic amines) is 1. The van der Waals surface area contributed by atoms with E-state index in [4.69, 9.17) is 0 Å². The Kier molecular flexibility index (Phi) is 14.0. The van der Waals surface area contributed by atoms with Crippen molar-refractivity contribution in [3.63, 3.8) is 0 Å². The summed E-state index contributed by atoms with van der Waals surface area (Å²) >= 11 is 0. The number of sulfone groups is 1. The van der Waals surface area contributed by atoms with E-state index in [-0.39, 0.29) is 18.9 Å². The van der Waals surface area contributed by atoms with Gasteiger partial charge < -0.3 is 25.8 Å². The number of fused-ring (bicyclic) bond motifs is 1. The predicted molar refractivity (Wildman–Crippen MR) is 194 cm³/mol. The molecule has 306 valence electrons. The molecule has 0 aromatic heterocycles. The number of halogens is 5. The third-order valence-corrected chi connectivity index (χ3v) is 12.7. The molecule has 1 aliphatic carbocycles. The van der Waals surface area contributed by atoms with Gasteiger partial charge in [-0.2, -0.15) is 8.78 Å². The smallest absolute Gasteiger partial charge is 0.258 e. The van der Waals surface area contributed by atoms with E-state index < -0.39 is 97.6 Å². The van der Waals surface area contributed by atoms with Crippen LogP contribution in [0.3, 0.4) is 0 Å². The van der Waals surface area contributed by atoms with E-state index in [1.54, 1.807) is 30.3 Å². The van der Waals surface area contributed by atoms with Gasteiger partial charge in [-0.05, 0) is 71.3 Å². The Bertz CT molecular complexity index is 1800. The van der Waals surface area contributed by atoms with E-state index in [1.165, 1.54) is 0 Å². The topological polar surface area (TPSA) is 154 Å². The first-order chi connectivity index (χ1) is 25.5. The zero-order chi connectivity index (χ0) is 41.0. The first-order valence-corrected chi connectivity index (χ1v) is 20.1. The number of piperidine rings is 1. The summed E-state index contributed by atoms with van der Waals surface area (Å²) in [5, 5.41) is 19.8. The highest BCUT2D eigenvalue weighted by atomic mass is 32.2. The molecular formula is C38H51F5N4O7S. The highest BCUT2D eigenvalue weighted by Crippen LogP contribution is 2.39. The number of aliphatic hydroxyl groups excluding tert-OH is 1. The van der Waals surface area contributed by atoms with Crippen molar-refractivity contribution >= 4 is 27.6 Å². The molecule has 11 nitrogen and oxygen atoms in total. The van der Waals surface area contributed by atoms with Gasteiger partial charge in [0.05, 0.1) is 22.9 Å². The number of aliphatic hydroxyl groups is 1. The largest absolute Gasteiger partial charge is 0.477 e. The van der Waals surface area contributed by atoms with Gasteiger partial charge in [0.15, 0.2) is 22.2 Å². The molecule has 4 N–H and O–H groups in total. The lowest BCUT2D eigenvalue weighted by molar-refractivity contribution is -0.133. The third kappa shape index (κ3) is 10.7. The molecule has 0 spiro atoms. The molecule has 4 rings (SSSR count). The molecule has 2 aromatic rings. The average Bonchev–Trinajstić information content (AvgIpc) is 3.10. The maximum atomic E-state index is 14.2. The monoisotopic (exact) mass is 802 g/mol. The van der Waals surface area contributed by atoms with Crippen LogP contribution >= 0.6 is 0 Å². The molecule has 0 radical (unpaired) electrons. The van der Waals surface area contributed by atoms with E-state index in [0.717, 1.165) is 45.8 Å². The van der Waals surface area contributed by atoms with Crippen LogP contribution in [-0.4, -0.2) is 96.6 Å². The van der Waals surface area contributed by atoms with Gasteiger partial charge in [0.2, 0.25) is 40.9 Å². The molecule has 1 heterocycles. The van der Waals surface area contributed by atoms with E-state index in [1.807, 2.05) is 25.7 Å². The Hall–Kier alpha value is -3.83. The lowest BCUT2D eigenvalue weighted by Gasteiger charge is -2.47. The SMILES string of the molecule is CC(C)(C)NC(=O)[C@@H]1C[C@@H]2CCCC[C@@H]2CN1C[C@@H](O)[C@H](Cc1ccccc1)NC(=O)[C@@H](NC(=O)COc1c(F)c(F)c(F)c(F)c1F)C(C)(C)S(C)(=O)=O. The summed E-state index contributed by atoms with van der Waals surface area (Å²) in [5.74, 6) is -15.4. The Labute approximate surface area is 318 Å². The zero-order valence-corrected chi connectivity index (χ0v) is 32.7. The lowest BCUT2D eigenvalue weighted by atomic mass is 9.72. The maximum Gasteiger partial charge on any atom is 0.258 e. The molecule has 0 bridgehead atoms. The van der Waals surface area contributed by atoms with E-state index >= 15 is 0 Å². The number of nitrogens with zero attached hydrogens (tertiary/aromatic N) is 1. The molecule has 3 amide bonds. The van der Waals surface area contributed by atoms with Crippen molar-refractivity contribution in [1.29, 1.82) is 0 Å². The number of carbonyl (C=O) groups is 3. The van der Waals surface area contributed by atoms with Crippen LogP contribution in [0.15, 0.2) is 30.3 Å². The van der Waals surface area contributed by atoms with Crippen molar-refractivity contribution in [2.75, 3.05) is 26.0 Å². The average molecular weight is 803 g/mol. The summed E-state index contributed by atoms with van der Waals surface area (Å²) in [6.45, 7) is 7.05. The molecule has 2 fully saturated rings. The van der Waals surface area contributed by atoms with Crippen molar-refractivity contribution in [2.45, 2.75) is 108 Å². The summed E-state index contributed by atoms with van der Waals surface area (Å²) in [6, 6.07) is 5.23. The van der Waals surface area contributed by atoms with Gasteiger partial charge in [-0.1, -0.05) is 49.6 Å². The Morgan fingerprint density at radius 2 is 1.45 bits per heavy atom. The first kappa shape index (κ1) is 43.9. The fourth-order valence-corrected chi connectivity index (χ4v) is 7.83. The number of carbonyl (C=O) groups excluding carboxylic acids is 3. The second-order valence-electron chi connectivity index (χ2n) is 16.2. The van der Waals surface area contributed by atoms with E-state index in [9.17, 15) is 49.9 Å². The number of benzene rings is 2. The minimum atomic E-state index is -4.16. The van der Waals surface area contributed by atoms with Gasteiger partial charge in [0.1, 0.15) is 6.04 Å². The van der Waals surface area contributed by atoms with Crippen molar-refractivity contribution in [3.8, 4) is 5.75 Å². The zero-order valence-electron chi connectivity index (χ0n) is 31.9. The summed E-state index contributed by atoms with van der Waals surface area (Å²) in [4.78, 5) is 42.7. The van der Waals surface area contributed by atoms with E-state index in [0.29, 0.717) is 30.4 Å². The van der Waals surface area contributed by atoms with Crippen LogP contribution in [-0.2, 0) is 30.6 Å². The number of ether oxygens (including phenoxy) is 1. The lowest BCUT2D eigenvalue weighted by Crippen LogP contribution is -2.64. The number of amides is 3. The van der Waals surface area contributed by atoms with Crippen LogP contribution < -0.4 is 20.7 Å². The van der Waals surface area contributed by atoms with Gasteiger partial charge in [-0.25, -0.2) is 21.6 Å². The molecule has 1 saturated carbocycles. The maximum absolute atomic E-state index is 14.2. The van der Waals surface area contributed by atoms with Crippen molar-refractivity contribution in [1.82, 2.24) is 20.9 Å². The molecular weight excluding hydrogens is 751 g/mol. The van der Waals surface area contributed by atoms with Crippen molar-refractivity contribution < 1.29 is 54.6 Å². The summed E-state index contributed by atoms with van der Waals surface area (Å²) in [5.41, 5.74) is 0.179. The predicted octanol–water partition coefficient (Wildman–Crippen LogP) is 3.95. The van der Waals surface area contributed by atoms with Crippen LogP contribution in [0, 0.1) is 40.9 Å². The van der Waals surface area contributed by atoms with Crippen LogP contribution in [0.25, 0.3) is 0 Å². The number of rotatable bonds is 14. The number of nitrogens with one attached hydrogen (secondary N) is 3. The van der Waals surface area contributed by atoms with Gasteiger partial charge >= 0.3 is 0 Å². The standard InChI is InChI=1S/C38H51F5N4O7S/c1-37(2,3)46-35(50)25-17-22-14-10-11-15-23(22)18-47(25)19-26(48)24(16-21-12-8-7-9-13-21)44-36(51)34(38(4,5)55(6,52)53)45-27(49)20-54-33-31(42)29(40)28(39)30(41)32(33)43/h7-9,12-13,22-26,34,48H,10-11,14-20H2,1-6H3,(H,44,51)(H,45,49)(H,46,50)/t22-,23+,24-,25-,26+,34+/m0/s1. The second-order valence-corrected chi connectivity index (χ2v) is 18.8. The summed E-state index contributed by atoms with van der Waals surface area (Å²) in [7, 11) is -4.16. The fourth-order valence-electron chi connectivity index (χ4n) is 7.23. The van der Waals surface area contributed by atoms with Crippen LogP contribution in [0.4, 0.5) is 22.0 Å². The number of hydrogen-bond donors (Lipinski definition) is 4. The van der Waals surface area contributed by atoms with Gasteiger partial charge in [-0.3, -0.25) is 19.3 Å². The highest BCUT2D eigenvalue weighted by molar-refractivity contribution is 7.92. The minimum Gasteiger partial charge on any atom is -0.477 e. The first-order valence-electron chi connectivity index (χ1n) is 18.2. The van der Waals surface area contributed by atoms with Crippen molar-refractivity contribution in [3.05, 3.63) is 65.0 Å². The molecule has 1 aliphatic heterocycles. The third-order valence-electron chi connectivity index (χ3n) is 10.6. The van der Waals surface area contributed by atoms with Crippen LogP contribution in [0.5, 0.6) is 5.75 Å². The number of β-amino-alcohol motifs (C(OH)–C–C–N with tert-alkyl or cyclic N) is 1. The molecule has 2 aromatic carbocycles. The highest BCUT2D eigenvalue weighted by Gasteiger charge is 2.46. The molecule has 1 saturated heterocycles. The Morgan fingerprint density at radius 1 is 0.891 bits per heavy atom. The summed E-state index contributed by atoms with van der Waals surface area (Å²) < 4.78 is 97.9. The Morgan fingerprint density at radius 3 is 2.02 bits per heavy atom. The van der Waals surface area contributed by atoms with Gasteiger partial charge in [0, 0.05) is 24.9 Å². The summed E-state index contributed by atoms with van der Waals surface area (Å²) in [6.07, 6.45) is 4.26. The minimum absolute atomic E-state index is 0.0362. The van der Waals surface area contributed by atoms with E-state index in [2.05, 4.69) is 20.7 Å². The fraction of sp³-hybridized carbons (Fsp3) is 0.605. The Balaban J connectivity index is 1.61. The second kappa shape index (κ2) is 17.5. The van der Waals surface area contributed by atoms with Crippen LogP contribution in [0.1, 0.15) is 72.3 Å². The van der Waals surface area contributed by atoms with Gasteiger partial charge in [-0.15, -0.1) is 0 Å². The molecule has 17 heteroatoms. The van der Waals surface area contributed by atoms with Crippen molar-refractivity contribution in [2.24, 2.45) is 11.8 Å². The number of hydrogen-bond acceptors (Lipinski definition) is 8.